The molecule has 1 aliphatic rings. The highest BCUT2D eigenvalue weighted by Crippen LogP contribution is 2.41. The van der Waals surface area contributed by atoms with Crippen LogP contribution in [0.2, 0.25) is 0 Å². The first-order valence-corrected chi connectivity index (χ1v) is 6.35. The molecule has 1 heterocycles. The summed E-state index contributed by atoms with van der Waals surface area (Å²) in [4.78, 5) is 0. The van der Waals surface area contributed by atoms with Crippen LogP contribution in [0.4, 0.5) is 0 Å². The maximum atomic E-state index is 10.0. The summed E-state index contributed by atoms with van der Waals surface area (Å²) in [5.41, 5.74) is 0. The molecule has 0 spiro atoms. The molecule has 2 unspecified atom stereocenters. The van der Waals surface area contributed by atoms with Crippen LogP contribution in [0.25, 0.3) is 0 Å². The van der Waals surface area contributed by atoms with Gasteiger partial charge in [-0.3, -0.25) is 0 Å². The van der Waals surface area contributed by atoms with Crippen molar-refractivity contribution in [1.82, 2.24) is 0 Å². The molecular formula is C11H22OS. The first-order chi connectivity index (χ1) is 6.04. The number of rotatable bonds is 4. The quantitative estimate of drug-likeness (QED) is 0.756. The average Bonchev–Trinajstić information content (AvgIpc) is 2.49. The van der Waals surface area contributed by atoms with Gasteiger partial charge in [-0.2, -0.15) is 11.8 Å². The topological polar surface area (TPSA) is 20.2 Å². The van der Waals surface area contributed by atoms with Crippen molar-refractivity contribution in [3.05, 3.63) is 0 Å². The second-order valence-electron chi connectivity index (χ2n) is 4.75. The molecule has 1 saturated heterocycles. The highest BCUT2D eigenvalue weighted by molar-refractivity contribution is 8.00. The molecule has 1 rings (SSSR count). The van der Waals surface area contributed by atoms with E-state index in [1.807, 2.05) is 11.8 Å². The number of aliphatic hydroxyl groups is 1. The van der Waals surface area contributed by atoms with E-state index in [9.17, 15) is 5.11 Å². The van der Waals surface area contributed by atoms with Crippen LogP contribution < -0.4 is 0 Å². The van der Waals surface area contributed by atoms with E-state index in [1.54, 1.807) is 0 Å². The van der Waals surface area contributed by atoms with Crippen molar-refractivity contribution >= 4 is 11.8 Å². The SMILES string of the molecule is CC(C)CCC(O)C1(C)CCCS1. The lowest BCUT2D eigenvalue weighted by molar-refractivity contribution is 0.117. The number of hydrogen-bond acceptors (Lipinski definition) is 2. The third kappa shape index (κ3) is 3.17. The molecular weight excluding hydrogens is 180 g/mol. The summed E-state index contributed by atoms with van der Waals surface area (Å²) >= 11 is 1.95. The van der Waals surface area contributed by atoms with Crippen molar-refractivity contribution in [2.45, 2.75) is 57.3 Å². The highest BCUT2D eigenvalue weighted by Gasteiger charge is 2.36. The molecule has 1 aliphatic heterocycles. The van der Waals surface area contributed by atoms with Crippen molar-refractivity contribution in [3.63, 3.8) is 0 Å². The van der Waals surface area contributed by atoms with Gasteiger partial charge in [0.2, 0.25) is 0 Å². The molecule has 0 amide bonds. The van der Waals surface area contributed by atoms with Crippen molar-refractivity contribution in [2.75, 3.05) is 5.75 Å². The summed E-state index contributed by atoms with van der Waals surface area (Å²) in [6.07, 6.45) is 4.50. The zero-order chi connectivity index (χ0) is 9.90. The van der Waals surface area contributed by atoms with E-state index in [4.69, 9.17) is 0 Å². The van der Waals surface area contributed by atoms with Gasteiger partial charge in [0.05, 0.1) is 6.10 Å². The molecule has 78 valence electrons. The Morgan fingerprint density at radius 3 is 2.54 bits per heavy atom. The first-order valence-electron chi connectivity index (χ1n) is 5.36. The smallest absolute Gasteiger partial charge is 0.0684 e. The molecule has 0 radical (unpaired) electrons. The average molecular weight is 202 g/mol. The normalized spacial score (nSPS) is 31.2. The lowest BCUT2D eigenvalue weighted by Crippen LogP contribution is -2.33. The molecule has 1 N–H and O–H groups in total. The standard InChI is InChI=1S/C11H22OS/c1-9(2)5-6-10(12)11(3)7-4-8-13-11/h9-10,12H,4-8H2,1-3H3. The van der Waals surface area contributed by atoms with Crippen LogP contribution in [-0.2, 0) is 0 Å². The van der Waals surface area contributed by atoms with Crippen molar-refractivity contribution < 1.29 is 5.11 Å². The Morgan fingerprint density at radius 2 is 2.08 bits per heavy atom. The minimum absolute atomic E-state index is 0.0950. The van der Waals surface area contributed by atoms with E-state index >= 15 is 0 Å². The molecule has 2 heteroatoms. The highest BCUT2D eigenvalue weighted by atomic mass is 32.2. The first kappa shape index (κ1) is 11.4. The molecule has 0 saturated carbocycles. The Labute approximate surface area is 86.3 Å². The fourth-order valence-corrected chi connectivity index (χ4v) is 3.21. The zero-order valence-electron chi connectivity index (χ0n) is 9.05. The fraction of sp³-hybridized carbons (Fsp3) is 1.00. The van der Waals surface area contributed by atoms with Crippen LogP contribution in [0.5, 0.6) is 0 Å². The Hall–Kier alpha value is 0.310. The van der Waals surface area contributed by atoms with Gasteiger partial charge in [0, 0.05) is 4.75 Å². The van der Waals surface area contributed by atoms with Crippen LogP contribution in [-0.4, -0.2) is 21.7 Å². The van der Waals surface area contributed by atoms with E-state index in [2.05, 4.69) is 20.8 Å². The van der Waals surface area contributed by atoms with Gasteiger partial charge < -0.3 is 5.11 Å². The summed E-state index contributed by atoms with van der Waals surface area (Å²) in [5, 5.41) is 10.0. The van der Waals surface area contributed by atoms with Gasteiger partial charge in [-0.15, -0.1) is 0 Å². The third-order valence-electron chi connectivity index (χ3n) is 2.97. The Kier molecular flexibility index (Phi) is 4.11. The molecule has 0 aromatic carbocycles. The zero-order valence-corrected chi connectivity index (χ0v) is 9.86. The number of aliphatic hydroxyl groups excluding tert-OH is 1. The predicted octanol–water partition coefficient (Wildman–Crippen LogP) is 3.07. The summed E-state index contributed by atoms with van der Waals surface area (Å²) in [6, 6.07) is 0. The minimum Gasteiger partial charge on any atom is -0.392 e. The Bertz CT molecular complexity index is 150. The molecule has 13 heavy (non-hydrogen) atoms. The van der Waals surface area contributed by atoms with Gasteiger partial charge in [0.15, 0.2) is 0 Å². The summed E-state index contributed by atoms with van der Waals surface area (Å²) in [6.45, 7) is 6.66. The van der Waals surface area contributed by atoms with Crippen molar-refractivity contribution in [3.8, 4) is 0 Å². The molecule has 0 aromatic rings. The van der Waals surface area contributed by atoms with E-state index < -0.39 is 0 Å². The maximum absolute atomic E-state index is 10.0. The second kappa shape index (κ2) is 4.70. The molecule has 1 fully saturated rings. The predicted molar refractivity (Wildman–Crippen MR) is 60.2 cm³/mol. The van der Waals surface area contributed by atoms with E-state index in [0.717, 1.165) is 12.8 Å². The van der Waals surface area contributed by atoms with Crippen LogP contribution in [0.15, 0.2) is 0 Å². The van der Waals surface area contributed by atoms with E-state index in [0.29, 0.717) is 5.92 Å². The fourth-order valence-electron chi connectivity index (χ4n) is 1.86. The lowest BCUT2D eigenvalue weighted by Gasteiger charge is -2.29. The largest absolute Gasteiger partial charge is 0.392 e. The Morgan fingerprint density at radius 1 is 1.38 bits per heavy atom. The maximum Gasteiger partial charge on any atom is 0.0684 e. The molecule has 0 aliphatic carbocycles. The summed E-state index contributed by atoms with van der Waals surface area (Å²) in [5.74, 6) is 1.94. The minimum atomic E-state index is -0.0950. The molecule has 1 nitrogen and oxygen atoms in total. The summed E-state index contributed by atoms with van der Waals surface area (Å²) < 4.78 is 0.162. The van der Waals surface area contributed by atoms with Crippen LogP contribution in [0.1, 0.15) is 46.5 Å². The molecule has 2 atom stereocenters. The van der Waals surface area contributed by atoms with Gasteiger partial charge in [0.1, 0.15) is 0 Å². The van der Waals surface area contributed by atoms with Crippen LogP contribution >= 0.6 is 11.8 Å². The van der Waals surface area contributed by atoms with E-state index in [-0.39, 0.29) is 10.9 Å². The number of hydrogen-bond donors (Lipinski definition) is 1. The lowest BCUT2D eigenvalue weighted by atomic mass is 9.93. The van der Waals surface area contributed by atoms with Crippen LogP contribution in [0, 0.1) is 5.92 Å². The van der Waals surface area contributed by atoms with E-state index in [1.165, 1.54) is 18.6 Å². The van der Waals surface area contributed by atoms with Crippen molar-refractivity contribution in [2.24, 2.45) is 5.92 Å². The van der Waals surface area contributed by atoms with Gasteiger partial charge in [-0.1, -0.05) is 13.8 Å². The van der Waals surface area contributed by atoms with Gasteiger partial charge >= 0.3 is 0 Å². The van der Waals surface area contributed by atoms with Gasteiger partial charge in [-0.25, -0.2) is 0 Å². The number of thioether (sulfide) groups is 1. The third-order valence-corrected chi connectivity index (χ3v) is 4.60. The van der Waals surface area contributed by atoms with Gasteiger partial charge in [-0.05, 0) is 44.3 Å². The van der Waals surface area contributed by atoms with Crippen LogP contribution in [0.3, 0.4) is 0 Å². The molecule has 0 aromatic heterocycles. The van der Waals surface area contributed by atoms with Gasteiger partial charge in [0.25, 0.3) is 0 Å². The molecule has 0 bridgehead atoms. The van der Waals surface area contributed by atoms with Crippen molar-refractivity contribution in [1.29, 1.82) is 0 Å². The summed E-state index contributed by atoms with van der Waals surface area (Å²) in [7, 11) is 0. The Balaban J connectivity index is 2.33. The second-order valence-corrected chi connectivity index (χ2v) is 6.38. The monoisotopic (exact) mass is 202 g/mol.